The van der Waals surface area contributed by atoms with Crippen molar-refractivity contribution in [3.8, 4) is 0 Å². The highest BCUT2D eigenvalue weighted by Crippen LogP contribution is 2.11. The summed E-state index contributed by atoms with van der Waals surface area (Å²) < 4.78 is 26.9. The van der Waals surface area contributed by atoms with Gasteiger partial charge in [0.15, 0.2) is 5.03 Å². The van der Waals surface area contributed by atoms with Crippen LogP contribution in [0.2, 0.25) is 0 Å². The summed E-state index contributed by atoms with van der Waals surface area (Å²) in [4.78, 5) is 9.25. The molecule has 1 unspecified atom stereocenters. The lowest BCUT2D eigenvalue weighted by atomic mass is 10.2. The van der Waals surface area contributed by atoms with E-state index in [9.17, 15) is 8.42 Å². The molecule has 1 fully saturated rings. The minimum absolute atomic E-state index is 0.155. The lowest BCUT2D eigenvalue weighted by molar-refractivity contribution is 0.288. The van der Waals surface area contributed by atoms with Crippen molar-refractivity contribution >= 4 is 10.0 Å². The number of rotatable bonds is 7. The Morgan fingerprint density at radius 2 is 2.15 bits per heavy atom. The first-order valence-electron chi connectivity index (χ1n) is 7.27. The van der Waals surface area contributed by atoms with Gasteiger partial charge in [0.2, 0.25) is 0 Å². The summed E-state index contributed by atoms with van der Waals surface area (Å²) in [5.74, 6) is 0.993. The molecule has 0 saturated carbocycles. The number of likely N-dealkylation sites (tertiary alicyclic amines) is 1. The van der Waals surface area contributed by atoms with Crippen LogP contribution in [0.15, 0.2) is 11.2 Å². The van der Waals surface area contributed by atoms with Gasteiger partial charge in [-0.05, 0) is 31.8 Å². The molecular weight excluding hydrogens is 276 g/mol. The quantitative estimate of drug-likeness (QED) is 0.787. The van der Waals surface area contributed by atoms with E-state index >= 15 is 0 Å². The van der Waals surface area contributed by atoms with Gasteiger partial charge in [0.25, 0.3) is 10.0 Å². The minimum atomic E-state index is -3.46. The number of hydrogen-bond acceptors (Lipinski definition) is 4. The highest BCUT2D eigenvalue weighted by Gasteiger charge is 2.19. The average molecular weight is 300 g/mol. The molecule has 0 aromatic carbocycles. The van der Waals surface area contributed by atoms with Gasteiger partial charge >= 0.3 is 0 Å². The van der Waals surface area contributed by atoms with Crippen molar-refractivity contribution in [1.29, 1.82) is 0 Å². The van der Waals surface area contributed by atoms with Gasteiger partial charge in [-0.1, -0.05) is 13.8 Å². The maximum atomic E-state index is 12.1. The van der Waals surface area contributed by atoms with E-state index in [0.29, 0.717) is 24.7 Å². The van der Waals surface area contributed by atoms with Gasteiger partial charge < -0.3 is 9.88 Å². The van der Waals surface area contributed by atoms with Crippen molar-refractivity contribution in [1.82, 2.24) is 19.6 Å². The summed E-state index contributed by atoms with van der Waals surface area (Å²) in [6, 6.07) is 0. The van der Waals surface area contributed by atoms with Crippen LogP contribution >= 0.6 is 0 Å². The first-order valence-corrected chi connectivity index (χ1v) is 8.75. The molecule has 1 aromatic heterocycles. The topological polar surface area (TPSA) is 78.1 Å². The molecule has 20 heavy (non-hydrogen) atoms. The van der Waals surface area contributed by atoms with Crippen LogP contribution in [0.1, 0.15) is 32.5 Å². The van der Waals surface area contributed by atoms with Crippen LogP contribution in [-0.2, 0) is 16.4 Å². The smallest absolute Gasteiger partial charge is 0.257 e. The maximum absolute atomic E-state index is 12.1. The van der Waals surface area contributed by atoms with Crippen LogP contribution in [0.25, 0.3) is 0 Å². The number of aromatic amines is 1. The summed E-state index contributed by atoms with van der Waals surface area (Å²) in [6.45, 7) is 7.69. The Balaban J connectivity index is 1.85. The van der Waals surface area contributed by atoms with E-state index in [2.05, 4.69) is 26.5 Å². The fourth-order valence-corrected chi connectivity index (χ4v) is 3.56. The molecule has 1 aromatic rings. The number of H-pyrrole nitrogens is 1. The zero-order chi connectivity index (χ0) is 14.6. The van der Waals surface area contributed by atoms with Crippen molar-refractivity contribution in [3.05, 3.63) is 12.0 Å². The zero-order valence-electron chi connectivity index (χ0n) is 12.2. The second-order valence-electron chi connectivity index (χ2n) is 5.51. The van der Waals surface area contributed by atoms with Gasteiger partial charge in [0.1, 0.15) is 5.82 Å². The Labute approximate surface area is 121 Å². The Morgan fingerprint density at radius 1 is 1.45 bits per heavy atom. The molecule has 1 saturated heterocycles. The first-order chi connectivity index (χ1) is 9.51. The molecule has 7 heteroatoms. The van der Waals surface area contributed by atoms with Crippen molar-refractivity contribution in [2.45, 2.75) is 38.1 Å². The maximum Gasteiger partial charge on any atom is 0.257 e. The van der Waals surface area contributed by atoms with Gasteiger partial charge in [-0.2, -0.15) is 0 Å². The van der Waals surface area contributed by atoms with Crippen molar-refractivity contribution in [2.75, 3.05) is 26.2 Å². The predicted octanol–water partition coefficient (Wildman–Crippen LogP) is 0.982. The third-order valence-corrected chi connectivity index (χ3v) is 4.95. The summed E-state index contributed by atoms with van der Waals surface area (Å²) in [6.07, 6.45) is 4.59. The molecule has 0 aliphatic carbocycles. The highest BCUT2D eigenvalue weighted by atomic mass is 32.2. The number of imidazole rings is 1. The Kier molecular flexibility index (Phi) is 5.17. The van der Waals surface area contributed by atoms with E-state index in [1.165, 1.54) is 19.0 Å². The van der Waals surface area contributed by atoms with Crippen LogP contribution in [0.3, 0.4) is 0 Å². The molecule has 2 heterocycles. The molecule has 1 atom stereocenters. The van der Waals surface area contributed by atoms with Crippen LogP contribution in [0, 0.1) is 5.92 Å². The van der Waals surface area contributed by atoms with Crippen molar-refractivity contribution in [2.24, 2.45) is 5.92 Å². The van der Waals surface area contributed by atoms with Gasteiger partial charge in [-0.15, -0.1) is 0 Å². The lowest BCUT2D eigenvalue weighted by Crippen LogP contribution is -2.34. The van der Waals surface area contributed by atoms with Gasteiger partial charge in [0.05, 0.1) is 6.20 Å². The monoisotopic (exact) mass is 300 g/mol. The average Bonchev–Trinajstić information content (AvgIpc) is 3.07. The second-order valence-corrected chi connectivity index (χ2v) is 7.25. The van der Waals surface area contributed by atoms with Gasteiger partial charge in [0, 0.05) is 19.5 Å². The molecule has 1 aliphatic heterocycles. The van der Waals surface area contributed by atoms with Crippen LogP contribution in [0.4, 0.5) is 0 Å². The molecule has 0 bridgehead atoms. The van der Waals surface area contributed by atoms with E-state index in [1.807, 2.05) is 6.92 Å². The van der Waals surface area contributed by atoms with Gasteiger partial charge in [-0.3, -0.25) is 0 Å². The molecule has 0 spiro atoms. The highest BCUT2D eigenvalue weighted by molar-refractivity contribution is 7.89. The third-order valence-electron chi connectivity index (χ3n) is 3.62. The number of nitrogens with one attached hydrogen (secondary N) is 2. The summed E-state index contributed by atoms with van der Waals surface area (Å²) >= 11 is 0. The Hall–Kier alpha value is -0.920. The van der Waals surface area contributed by atoms with E-state index in [0.717, 1.165) is 19.6 Å². The molecular formula is C13H24N4O2S. The van der Waals surface area contributed by atoms with Crippen LogP contribution in [-0.4, -0.2) is 49.5 Å². The fourth-order valence-electron chi connectivity index (χ4n) is 2.46. The molecule has 2 rings (SSSR count). The zero-order valence-corrected chi connectivity index (χ0v) is 13.0. The number of nitrogens with zero attached hydrogens (tertiary/aromatic N) is 2. The van der Waals surface area contributed by atoms with E-state index in [4.69, 9.17) is 0 Å². The number of sulfonamides is 1. The third kappa shape index (κ3) is 4.04. The lowest BCUT2D eigenvalue weighted by Gasteiger charge is -2.20. The fraction of sp³-hybridized carbons (Fsp3) is 0.769. The number of aryl methyl sites for hydroxylation is 1. The van der Waals surface area contributed by atoms with Gasteiger partial charge in [-0.25, -0.2) is 18.1 Å². The van der Waals surface area contributed by atoms with Crippen molar-refractivity contribution < 1.29 is 8.42 Å². The molecule has 6 nitrogen and oxygen atoms in total. The van der Waals surface area contributed by atoms with Crippen molar-refractivity contribution in [3.63, 3.8) is 0 Å². The number of aromatic nitrogens is 2. The van der Waals surface area contributed by atoms with E-state index < -0.39 is 10.0 Å². The summed E-state index contributed by atoms with van der Waals surface area (Å²) in [5, 5.41) is 0.155. The standard InChI is InChI=1S/C13H24N4O2S/c1-3-12-14-9-13(16-12)20(18,19)15-8-11(2)10-17-6-4-5-7-17/h9,11,15H,3-8,10H2,1-2H3,(H,14,16). The van der Waals surface area contributed by atoms with Crippen LogP contribution in [0.5, 0.6) is 0 Å². The molecule has 114 valence electrons. The largest absolute Gasteiger partial charge is 0.332 e. The van der Waals surface area contributed by atoms with E-state index in [-0.39, 0.29) is 5.03 Å². The minimum Gasteiger partial charge on any atom is -0.332 e. The summed E-state index contributed by atoms with van der Waals surface area (Å²) in [7, 11) is -3.46. The Bertz CT molecular complexity index is 520. The van der Waals surface area contributed by atoms with Crippen LogP contribution < -0.4 is 4.72 Å². The first kappa shape index (κ1) is 15.5. The SMILES string of the molecule is CCc1ncc(S(=O)(=O)NCC(C)CN2CCCC2)[nH]1. The molecule has 2 N–H and O–H groups in total. The molecule has 0 radical (unpaired) electrons. The summed E-state index contributed by atoms with van der Waals surface area (Å²) in [5.41, 5.74) is 0. The Morgan fingerprint density at radius 3 is 2.75 bits per heavy atom. The molecule has 0 amide bonds. The normalized spacial score (nSPS) is 18.5. The number of hydrogen-bond donors (Lipinski definition) is 2. The molecule has 1 aliphatic rings. The van der Waals surface area contributed by atoms with E-state index in [1.54, 1.807) is 0 Å². The second kappa shape index (κ2) is 6.69. The predicted molar refractivity (Wildman–Crippen MR) is 78.0 cm³/mol.